The van der Waals surface area contributed by atoms with Gasteiger partial charge in [-0.15, -0.1) is 0 Å². The van der Waals surface area contributed by atoms with E-state index >= 15 is 0 Å². The zero-order valence-corrected chi connectivity index (χ0v) is 11.5. The summed E-state index contributed by atoms with van der Waals surface area (Å²) in [5, 5.41) is 13.4. The van der Waals surface area contributed by atoms with Crippen molar-refractivity contribution < 1.29 is 9.90 Å². The van der Waals surface area contributed by atoms with Crippen molar-refractivity contribution in [3.05, 3.63) is 65.9 Å². The molecule has 0 aliphatic carbocycles. The first-order valence-corrected chi connectivity index (χ1v) is 6.60. The molecule has 1 aromatic heterocycles. The summed E-state index contributed by atoms with van der Waals surface area (Å²) in [6, 6.07) is 15.9. The van der Waals surface area contributed by atoms with Gasteiger partial charge in [0.05, 0.1) is 5.52 Å². The molecule has 0 radical (unpaired) electrons. The number of pyridine rings is 1. The lowest BCUT2D eigenvalue weighted by molar-refractivity contribution is 0.102. The molecule has 0 spiro atoms. The molecule has 1 amide bonds. The highest BCUT2D eigenvalue weighted by molar-refractivity contribution is 6.05. The summed E-state index contributed by atoms with van der Waals surface area (Å²) in [7, 11) is 0. The fourth-order valence-electron chi connectivity index (χ4n) is 2.21. The number of carbonyl (C=O) groups excluding carboxylic acids is 1. The van der Waals surface area contributed by atoms with Gasteiger partial charge in [-0.05, 0) is 37.3 Å². The van der Waals surface area contributed by atoms with E-state index in [-0.39, 0.29) is 11.7 Å². The second-order valence-electron chi connectivity index (χ2n) is 4.83. The number of nitrogens with zero attached hydrogens (tertiary/aromatic N) is 1. The van der Waals surface area contributed by atoms with Gasteiger partial charge in [-0.1, -0.05) is 18.2 Å². The average molecular weight is 278 g/mol. The van der Waals surface area contributed by atoms with E-state index in [0.717, 1.165) is 5.69 Å². The minimum absolute atomic E-state index is 0.160. The highest BCUT2D eigenvalue weighted by Crippen LogP contribution is 2.27. The largest absolute Gasteiger partial charge is 0.507 e. The minimum Gasteiger partial charge on any atom is -0.507 e. The van der Waals surface area contributed by atoms with Gasteiger partial charge in [-0.3, -0.25) is 9.78 Å². The first kappa shape index (κ1) is 13.1. The van der Waals surface area contributed by atoms with Crippen molar-refractivity contribution in [1.29, 1.82) is 0 Å². The summed E-state index contributed by atoms with van der Waals surface area (Å²) in [6.07, 6.45) is 0. The van der Waals surface area contributed by atoms with Crippen LogP contribution in [0.1, 0.15) is 16.1 Å². The number of carbonyl (C=O) groups is 1. The van der Waals surface area contributed by atoms with Crippen molar-refractivity contribution in [3.63, 3.8) is 0 Å². The Kier molecular flexibility index (Phi) is 3.28. The quantitative estimate of drug-likeness (QED) is 0.754. The molecule has 0 aliphatic rings. The average Bonchev–Trinajstić information content (AvgIpc) is 2.48. The maximum absolute atomic E-state index is 12.1. The summed E-state index contributed by atoms with van der Waals surface area (Å²) >= 11 is 0. The van der Waals surface area contributed by atoms with E-state index in [0.29, 0.717) is 22.2 Å². The van der Waals surface area contributed by atoms with Gasteiger partial charge >= 0.3 is 0 Å². The zero-order valence-electron chi connectivity index (χ0n) is 11.5. The monoisotopic (exact) mass is 278 g/mol. The van der Waals surface area contributed by atoms with Crippen LogP contribution in [0.5, 0.6) is 5.75 Å². The van der Waals surface area contributed by atoms with Crippen molar-refractivity contribution in [1.82, 2.24) is 4.98 Å². The SMILES string of the molecule is Cc1cc(O)c2cc(NC(=O)c3ccccc3)ccc2n1. The molecule has 0 atom stereocenters. The molecule has 104 valence electrons. The number of aromatic hydroxyl groups is 1. The fraction of sp³-hybridized carbons (Fsp3) is 0.0588. The number of benzene rings is 2. The Morgan fingerprint density at radius 1 is 1.10 bits per heavy atom. The van der Waals surface area contributed by atoms with Crippen LogP contribution in [0.3, 0.4) is 0 Å². The van der Waals surface area contributed by atoms with Gasteiger partial charge in [0.2, 0.25) is 0 Å². The Bertz CT molecular complexity index is 814. The van der Waals surface area contributed by atoms with Gasteiger partial charge in [0.25, 0.3) is 5.91 Å². The molecule has 4 heteroatoms. The van der Waals surface area contributed by atoms with E-state index in [4.69, 9.17) is 0 Å². The van der Waals surface area contributed by atoms with E-state index in [2.05, 4.69) is 10.3 Å². The second kappa shape index (κ2) is 5.25. The van der Waals surface area contributed by atoms with Crippen molar-refractivity contribution in [2.24, 2.45) is 0 Å². The Balaban J connectivity index is 1.93. The Morgan fingerprint density at radius 3 is 2.62 bits per heavy atom. The molecular formula is C17H14N2O2. The van der Waals surface area contributed by atoms with Crippen LogP contribution in [0, 0.1) is 6.92 Å². The van der Waals surface area contributed by atoms with Crippen LogP contribution in [-0.4, -0.2) is 16.0 Å². The Morgan fingerprint density at radius 2 is 1.86 bits per heavy atom. The summed E-state index contributed by atoms with van der Waals surface area (Å²) in [6.45, 7) is 1.82. The highest BCUT2D eigenvalue weighted by atomic mass is 16.3. The first-order valence-electron chi connectivity index (χ1n) is 6.60. The lowest BCUT2D eigenvalue weighted by Gasteiger charge is -2.08. The van der Waals surface area contributed by atoms with Crippen LogP contribution in [-0.2, 0) is 0 Å². The first-order chi connectivity index (χ1) is 10.1. The molecule has 0 saturated heterocycles. The second-order valence-corrected chi connectivity index (χ2v) is 4.83. The Labute approximate surface area is 122 Å². The number of aryl methyl sites for hydroxylation is 1. The molecule has 0 aliphatic heterocycles. The lowest BCUT2D eigenvalue weighted by Crippen LogP contribution is -2.11. The molecule has 0 fully saturated rings. The van der Waals surface area contributed by atoms with E-state index in [1.165, 1.54) is 0 Å². The van der Waals surface area contributed by atoms with Gasteiger partial charge in [0.15, 0.2) is 0 Å². The van der Waals surface area contributed by atoms with E-state index in [1.807, 2.05) is 25.1 Å². The van der Waals surface area contributed by atoms with Crippen LogP contribution in [0.15, 0.2) is 54.6 Å². The minimum atomic E-state index is -0.186. The van der Waals surface area contributed by atoms with Crippen LogP contribution in [0.4, 0.5) is 5.69 Å². The third-order valence-corrected chi connectivity index (χ3v) is 3.21. The van der Waals surface area contributed by atoms with Crippen molar-refractivity contribution in [2.75, 3.05) is 5.32 Å². The molecule has 0 bridgehead atoms. The molecule has 1 heterocycles. The van der Waals surface area contributed by atoms with Gasteiger partial charge in [-0.25, -0.2) is 0 Å². The standard InChI is InChI=1S/C17H14N2O2/c1-11-9-16(20)14-10-13(7-8-15(14)18-11)19-17(21)12-5-3-2-4-6-12/h2-10H,1H3,(H,18,20)(H,19,21). The molecule has 3 aromatic rings. The summed E-state index contributed by atoms with van der Waals surface area (Å²) < 4.78 is 0. The van der Waals surface area contributed by atoms with Gasteiger partial charge < -0.3 is 10.4 Å². The zero-order chi connectivity index (χ0) is 14.8. The van der Waals surface area contributed by atoms with Gasteiger partial charge in [0, 0.05) is 28.4 Å². The molecule has 2 aromatic carbocycles. The third kappa shape index (κ3) is 2.69. The summed E-state index contributed by atoms with van der Waals surface area (Å²) in [5.41, 5.74) is 2.66. The maximum atomic E-state index is 12.1. The fourth-order valence-corrected chi connectivity index (χ4v) is 2.21. The van der Waals surface area contributed by atoms with E-state index in [9.17, 15) is 9.90 Å². The number of anilines is 1. The normalized spacial score (nSPS) is 10.5. The van der Waals surface area contributed by atoms with Crippen LogP contribution < -0.4 is 5.32 Å². The van der Waals surface area contributed by atoms with Crippen molar-refractivity contribution in [3.8, 4) is 5.75 Å². The number of aromatic nitrogens is 1. The predicted octanol–water partition coefficient (Wildman–Crippen LogP) is 3.50. The predicted molar refractivity (Wildman–Crippen MR) is 82.5 cm³/mol. The third-order valence-electron chi connectivity index (χ3n) is 3.21. The van der Waals surface area contributed by atoms with Crippen molar-refractivity contribution in [2.45, 2.75) is 6.92 Å². The Hall–Kier alpha value is -2.88. The number of hydrogen-bond acceptors (Lipinski definition) is 3. The molecule has 3 rings (SSSR count). The van der Waals surface area contributed by atoms with Crippen LogP contribution in [0.25, 0.3) is 10.9 Å². The molecule has 0 unspecified atom stereocenters. The highest BCUT2D eigenvalue weighted by Gasteiger charge is 2.08. The number of amides is 1. The maximum Gasteiger partial charge on any atom is 0.255 e. The number of hydrogen-bond donors (Lipinski definition) is 2. The van der Waals surface area contributed by atoms with E-state index in [1.54, 1.807) is 36.4 Å². The molecule has 21 heavy (non-hydrogen) atoms. The summed E-state index contributed by atoms with van der Waals surface area (Å²) in [4.78, 5) is 16.4. The lowest BCUT2D eigenvalue weighted by atomic mass is 10.1. The number of rotatable bonds is 2. The van der Waals surface area contributed by atoms with Gasteiger partial charge in [0.1, 0.15) is 5.75 Å². The molecule has 2 N–H and O–H groups in total. The van der Waals surface area contributed by atoms with Crippen LogP contribution in [0.2, 0.25) is 0 Å². The molecular weight excluding hydrogens is 264 g/mol. The topological polar surface area (TPSA) is 62.2 Å². The van der Waals surface area contributed by atoms with E-state index < -0.39 is 0 Å². The van der Waals surface area contributed by atoms with Crippen molar-refractivity contribution >= 4 is 22.5 Å². The molecule has 0 saturated carbocycles. The molecule has 4 nitrogen and oxygen atoms in total. The van der Waals surface area contributed by atoms with Crippen LogP contribution >= 0.6 is 0 Å². The number of nitrogens with one attached hydrogen (secondary N) is 1. The summed E-state index contributed by atoms with van der Waals surface area (Å²) in [5.74, 6) is -0.0252. The van der Waals surface area contributed by atoms with Gasteiger partial charge in [-0.2, -0.15) is 0 Å². The number of fused-ring (bicyclic) bond motifs is 1. The smallest absolute Gasteiger partial charge is 0.255 e.